The molecule has 1 aliphatic heterocycles. The predicted molar refractivity (Wildman–Crippen MR) is 129 cm³/mol. The highest BCUT2D eigenvalue weighted by Gasteiger charge is 2.30. The average Bonchev–Trinajstić information content (AvgIpc) is 3.55. The number of nitrogens with one attached hydrogen (secondary N) is 1. The van der Waals surface area contributed by atoms with Gasteiger partial charge in [-0.2, -0.15) is 10.2 Å². The van der Waals surface area contributed by atoms with Crippen molar-refractivity contribution in [3.05, 3.63) is 59.9 Å². The molecule has 1 aliphatic rings. The number of carbonyl (C=O) groups is 1. The van der Waals surface area contributed by atoms with Crippen molar-refractivity contribution in [3.8, 4) is 0 Å². The van der Waals surface area contributed by atoms with Crippen LogP contribution in [0.5, 0.6) is 0 Å². The molecule has 5 rings (SSSR count). The molecule has 3 aromatic heterocycles. The van der Waals surface area contributed by atoms with Gasteiger partial charge in [0.05, 0.1) is 22.4 Å². The smallest absolute Gasteiger partial charge is 0.412 e. The molecule has 4 heterocycles. The van der Waals surface area contributed by atoms with E-state index < -0.39 is 6.09 Å². The molecule has 1 amide bonds. The Hall–Kier alpha value is -3.66. The summed E-state index contributed by atoms with van der Waals surface area (Å²) in [7, 11) is 1.92. The van der Waals surface area contributed by atoms with Gasteiger partial charge in [0, 0.05) is 69.8 Å². The van der Waals surface area contributed by atoms with E-state index in [-0.39, 0.29) is 6.04 Å². The van der Waals surface area contributed by atoms with Gasteiger partial charge in [-0.1, -0.05) is 0 Å². The molecule has 4 aromatic rings. The summed E-state index contributed by atoms with van der Waals surface area (Å²) in [4.78, 5) is 18.5. The number of anilines is 1. The predicted octanol–water partition coefficient (Wildman–Crippen LogP) is 2.82. The van der Waals surface area contributed by atoms with E-state index in [2.05, 4.69) is 20.1 Å². The first-order chi connectivity index (χ1) is 16.5. The van der Waals surface area contributed by atoms with Crippen molar-refractivity contribution in [2.24, 2.45) is 7.05 Å². The fourth-order valence-corrected chi connectivity index (χ4v) is 4.82. The van der Waals surface area contributed by atoms with E-state index in [0.29, 0.717) is 6.54 Å². The lowest BCUT2D eigenvalue weighted by atomic mass is 9.96. The Morgan fingerprint density at radius 3 is 2.85 bits per heavy atom. The quantitative estimate of drug-likeness (QED) is 0.390. The summed E-state index contributed by atoms with van der Waals surface area (Å²) in [5.41, 5.74) is 4.76. The molecule has 0 bridgehead atoms. The largest absolute Gasteiger partial charge is 0.465 e. The van der Waals surface area contributed by atoms with E-state index >= 15 is 0 Å². The Kier molecular flexibility index (Phi) is 6.06. The molecule has 0 fully saturated rings. The van der Waals surface area contributed by atoms with Crippen LogP contribution in [0.25, 0.3) is 11.0 Å². The van der Waals surface area contributed by atoms with Crippen molar-refractivity contribution < 1.29 is 9.90 Å². The number of fused-ring (bicyclic) bond motifs is 3. The van der Waals surface area contributed by atoms with E-state index in [0.717, 1.165) is 72.7 Å². The molecule has 0 saturated carbocycles. The summed E-state index contributed by atoms with van der Waals surface area (Å²) < 4.78 is 5.97. The van der Waals surface area contributed by atoms with Crippen LogP contribution in [0.2, 0.25) is 0 Å². The molecule has 1 aromatic carbocycles. The lowest BCUT2D eigenvalue weighted by Gasteiger charge is -2.33. The van der Waals surface area contributed by atoms with Crippen LogP contribution in [0, 0.1) is 0 Å². The SMILES string of the molecule is C[C@H]1CCc2c(ccc3c2nc(CCn2cccn2)n3CCNCc2ccn(C)n2)N1C(=O)O. The normalized spacial score (nSPS) is 15.7. The summed E-state index contributed by atoms with van der Waals surface area (Å²) in [6, 6.07) is 7.85. The lowest BCUT2D eigenvalue weighted by Crippen LogP contribution is -2.41. The lowest BCUT2D eigenvalue weighted by molar-refractivity contribution is 0.198. The molecule has 0 unspecified atom stereocenters. The van der Waals surface area contributed by atoms with Crippen LogP contribution in [0.1, 0.15) is 30.4 Å². The molecule has 34 heavy (non-hydrogen) atoms. The summed E-state index contributed by atoms with van der Waals surface area (Å²) in [6.45, 7) is 4.93. The Bertz CT molecular complexity index is 1290. The minimum Gasteiger partial charge on any atom is -0.465 e. The highest BCUT2D eigenvalue weighted by atomic mass is 16.4. The zero-order valence-corrected chi connectivity index (χ0v) is 19.6. The number of carboxylic acid groups (broad SMARTS) is 1. The van der Waals surface area contributed by atoms with Crippen molar-refractivity contribution in [3.63, 3.8) is 0 Å². The van der Waals surface area contributed by atoms with Crippen LogP contribution in [0.15, 0.2) is 42.9 Å². The number of nitrogens with zero attached hydrogens (tertiary/aromatic N) is 7. The van der Waals surface area contributed by atoms with Gasteiger partial charge >= 0.3 is 6.09 Å². The first-order valence-electron chi connectivity index (χ1n) is 11.7. The van der Waals surface area contributed by atoms with Crippen LogP contribution in [-0.2, 0) is 39.5 Å². The second-order valence-electron chi connectivity index (χ2n) is 8.83. The first kappa shape index (κ1) is 22.1. The minimum absolute atomic E-state index is 0.0420. The van der Waals surface area contributed by atoms with Gasteiger partial charge in [0.15, 0.2) is 0 Å². The van der Waals surface area contributed by atoms with E-state index in [1.807, 2.05) is 55.3 Å². The van der Waals surface area contributed by atoms with Gasteiger partial charge in [-0.25, -0.2) is 9.78 Å². The summed E-state index contributed by atoms with van der Waals surface area (Å²) in [5.74, 6) is 0.985. The van der Waals surface area contributed by atoms with E-state index in [4.69, 9.17) is 4.98 Å². The zero-order chi connectivity index (χ0) is 23.7. The van der Waals surface area contributed by atoms with Crippen LogP contribution in [0.4, 0.5) is 10.5 Å². The molecule has 0 spiro atoms. The van der Waals surface area contributed by atoms with Crippen molar-refractivity contribution in [2.75, 3.05) is 11.4 Å². The third-order valence-corrected chi connectivity index (χ3v) is 6.51. The van der Waals surface area contributed by atoms with Crippen molar-refractivity contribution in [1.82, 2.24) is 34.4 Å². The fourth-order valence-electron chi connectivity index (χ4n) is 4.82. The van der Waals surface area contributed by atoms with Crippen LogP contribution < -0.4 is 10.2 Å². The Balaban J connectivity index is 1.44. The molecule has 178 valence electrons. The molecule has 0 aliphatic carbocycles. The number of amides is 1. The van der Waals surface area contributed by atoms with E-state index in [9.17, 15) is 9.90 Å². The molecule has 10 heteroatoms. The summed E-state index contributed by atoms with van der Waals surface area (Å²) >= 11 is 0. The van der Waals surface area contributed by atoms with Crippen LogP contribution >= 0.6 is 0 Å². The fraction of sp³-hybridized carbons (Fsp3) is 0.417. The molecule has 0 radical (unpaired) electrons. The number of aryl methyl sites for hydroxylation is 4. The van der Waals surface area contributed by atoms with Gasteiger partial charge in [0.25, 0.3) is 0 Å². The average molecular weight is 463 g/mol. The monoisotopic (exact) mass is 462 g/mol. The second kappa shape index (κ2) is 9.30. The number of rotatable bonds is 8. The standard InChI is InChI=1S/C24H30N8O2/c1-17-4-5-19-20(32(17)24(33)34)6-7-21-23(19)27-22(9-14-30-12-3-10-26-30)31(21)15-11-25-16-18-8-13-29(2)28-18/h3,6-8,10,12-13,17,25H,4-5,9,11,14-16H2,1-2H3,(H,33,34)/t17-/m0/s1. The number of imidazole rings is 1. The maximum absolute atomic E-state index is 11.9. The molecule has 2 N–H and O–H groups in total. The molecule has 10 nitrogen and oxygen atoms in total. The van der Waals surface area contributed by atoms with E-state index in [1.54, 1.807) is 10.9 Å². The Morgan fingerprint density at radius 1 is 1.24 bits per heavy atom. The van der Waals surface area contributed by atoms with Gasteiger partial charge < -0.3 is 15.0 Å². The van der Waals surface area contributed by atoms with Gasteiger partial charge in [0.1, 0.15) is 5.82 Å². The highest BCUT2D eigenvalue weighted by molar-refractivity contribution is 5.94. The third-order valence-electron chi connectivity index (χ3n) is 6.51. The molecular formula is C24H30N8O2. The maximum atomic E-state index is 11.9. The Morgan fingerprint density at radius 2 is 2.12 bits per heavy atom. The first-order valence-corrected chi connectivity index (χ1v) is 11.7. The van der Waals surface area contributed by atoms with Gasteiger partial charge in [-0.3, -0.25) is 14.3 Å². The number of hydrogen-bond donors (Lipinski definition) is 2. The highest BCUT2D eigenvalue weighted by Crippen LogP contribution is 2.36. The number of hydrogen-bond acceptors (Lipinski definition) is 5. The van der Waals surface area contributed by atoms with Crippen molar-refractivity contribution in [2.45, 2.75) is 51.9 Å². The zero-order valence-electron chi connectivity index (χ0n) is 19.6. The Labute approximate surface area is 197 Å². The van der Waals surface area contributed by atoms with Crippen LogP contribution in [-0.4, -0.2) is 52.9 Å². The van der Waals surface area contributed by atoms with Gasteiger partial charge in [-0.05, 0) is 44.0 Å². The topological polar surface area (TPSA) is 106 Å². The number of benzene rings is 1. The number of aromatic nitrogens is 6. The molecular weight excluding hydrogens is 432 g/mol. The summed E-state index contributed by atoms with van der Waals surface area (Å²) in [6.07, 6.45) is 7.12. The maximum Gasteiger partial charge on any atom is 0.412 e. The van der Waals surface area contributed by atoms with Gasteiger partial charge in [-0.15, -0.1) is 0 Å². The third kappa shape index (κ3) is 4.28. The van der Waals surface area contributed by atoms with Crippen LogP contribution in [0.3, 0.4) is 0 Å². The molecule has 0 saturated heterocycles. The summed E-state index contributed by atoms with van der Waals surface area (Å²) in [5, 5.41) is 22.0. The molecule has 1 atom stereocenters. The van der Waals surface area contributed by atoms with E-state index in [1.165, 1.54) is 4.90 Å². The van der Waals surface area contributed by atoms with Crippen molar-refractivity contribution >= 4 is 22.8 Å². The van der Waals surface area contributed by atoms with Gasteiger partial charge in [0.2, 0.25) is 0 Å². The van der Waals surface area contributed by atoms with Crippen molar-refractivity contribution in [1.29, 1.82) is 0 Å². The second-order valence-corrected chi connectivity index (χ2v) is 8.83. The minimum atomic E-state index is -0.912.